The van der Waals surface area contributed by atoms with Gasteiger partial charge in [0.1, 0.15) is 5.69 Å². The SMILES string of the molecule is COc1cc(NCc2ccccc2N2CCCCC2)c([N+](=O)[O-])cc1OC. The monoisotopic (exact) mass is 371 g/mol. The van der Waals surface area contributed by atoms with Crippen LogP contribution < -0.4 is 19.7 Å². The molecule has 0 spiro atoms. The third-order valence-corrected chi connectivity index (χ3v) is 4.86. The molecule has 0 saturated carbocycles. The average Bonchev–Trinajstić information content (AvgIpc) is 2.72. The summed E-state index contributed by atoms with van der Waals surface area (Å²) >= 11 is 0. The Morgan fingerprint density at radius 1 is 1.07 bits per heavy atom. The predicted octanol–water partition coefficient (Wildman–Crippen LogP) is 4.21. The Bertz CT molecular complexity index is 804. The van der Waals surface area contributed by atoms with Crippen LogP contribution in [0.5, 0.6) is 11.5 Å². The molecule has 1 saturated heterocycles. The van der Waals surface area contributed by atoms with Crippen LogP contribution >= 0.6 is 0 Å². The van der Waals surface area contributed by atoms with Crippen molar-refractivity contribution in [3.63, 3.8) is 0 Å². The van der Waals surface area contributed by atoms with Crippen LogP contribution in [-0.4, -0.2) is 32.2 Å². The van der Waals surface area contributed by atoms with E-state index in [0.29, 0.717) is 23.7 Å². The third kappa shape index (κ3) is 4.24. The van der Waals surface area contributed by atoms with Gasteiger partial charge < -0.3 is 19.7 Å². The maximum atomic E-state index is 11.5. The van der Waals surface area contributed by atoms with Gasteiger partial charge in [0.25, 0.3) is 5.69 Å². The molecule has 144 valence electrons. The number of hydrogen-bond acceptors (Lipinski definition) is 6. The van der Waals surface area contributed by atoms with Crippen LogP contribution in [0.1, 0.15) is 24.8 Å². The maximum absolute atomic E-state index is 11.5. The Labute approximate surface area is 159 Å². The molecule has 1 heterocycles. The molecule has 3 rings (SSSR count). The Balaban J connectivity index is 1.85. The molecule has 0 aromatic heterocycles. The lowest BCUT2D eigenvalue weighted by Crippen LogP contribution is -2.30. The number of para-hydroxylation sites is 1. The van der Waals surface area contributed by atoms with E-state index in [1.165, 1.54) is 45.2 Å². The minimum atomic E-state index is -0.416. The highest BCUT2D eigenvalue weighted by Crippen LogP contribution is 2.38. The molecule has 1 N–H and O–H groups in total. The molecule has 2 aromatic rings. The second-order valence-corrected chi connectivity index (χ2v) is 6.51. The maximum Gasteiger partial charge on any atom is 0.296 e. The number of anilines is 2. The van der Waals surface area contributed by atoms with Gasteiger partial charge in [0.2, 0.25) is 0 Å². The Morgan fingerprint density at radius 2 is 1.74 bits per heavy atom. The van der Waals surface area contributed by atoms with E-state index in [-0.39, 0.29) is 5.69 Å². The van der Waals surface area contributed by atoms with Gasteiger partial charge in [-0.3, -0.25) is 10.1 Å². The fourth-order valence-electron chi connectivity index (χ4n) is 3.45. The van der Waals surface area contributed by atoms with Gasteiger partial charge in [-0.1, -0.05) is 18.2 Å². The highest BCUT2D eigenvalue weighted by molar-refractivity contribution is 5.69. The Hall–Kier alpha value is -2.96. The van der Waals surface area contributed by atoms with Crippen LogP contribution in [-0.2, 0) is 6.54 Å². The summed E-state index contributed by atoms with van der Waals surface area (Å²) in [6, 6.07) is 11.2. The molecule has 2 aromatic carbocycles. The van der Waals surface area contributed by atoms with E-state index in [0.717, 1.165) is 18.7 Å². The molecule has 27 heavy (non-hydrogen) atoms. The number of hydrogen-bond donors (Lipinski definition) is 1. The fraction of sp³-hybridized carbons (Fsp3) is 0.400. The fourth-order valence-corrected chi connectivity index (χ4v) is 3.45. The van der Waals surface area contributed by atoms with Crippen molar-refractivity contribution in [1.29, 1.82) is 0 Å². The van der Waals surface area contributed by atoms with Gasteiger partial charge >= 0.3 is 0 Å². The van der Waals surface area contributed by atoms with Crippen molar-refractivity contribution in [2.24, 2.45) is 0 Å². The van der Waals surface area contributed by atoms with E-state index < -0.39 is 4.92 Å². The number of nitrogens with zero attached hydrogens (tertiary/aromatic N) is 2. The molecule has 1 aliphatic heterocycles. The van der Waals surface area contributed by atoms with E-state index in [1.807, 2.05) is 12.1 Å². The standard InChI is InChI=1S/C20H25N3O4/c1-26-19-12-16(18(23(24)25)13-20(19)27-2)21-14-15-8-4-5-9-17(15)22-10-6-3-7-11-22/h4-5,8-9,12-13,21H,3,6-7,10-11,14H2,1-2H3. The summed E-state index contributed by atoms with van der Waals surface area (Å²) in [5, 5.41) is 14.7. The summed E-state index contributed by atoms with van der Waals surface area (Å²) in [5.41, 5.74) is 2.67. The number of nitrogens with one attached hydrogen (secondary N) is 1. The largest absolute Gasteiger partial charge is 0.493 e. The number of piperidine rings is 1. The molecular formula is C20H25N3O4. The average molecular weight is 371 g/mol. The number of nitro groups is 1. The third-order valence-electron chi connectivity index (χ3n) is 4.86. The zero-order valence-corrected chi connectivity index (χ0v) is 15.7. The van der Waals surface area contributed by atoms with Crippen molar-refractivity contribution in [1.82, 2.24) is 0 Å². The Morgan fingerprint density at radius 3 is 2.41 bits per heavy atom. The van der Waals surface area contributed by atoms with Crippen LogP contribution in [0, 0.1) is 10.1 Å². The number of methoxy groups -OCH3 is 2. The molecule has 0 bridgehead atoms. The minimum absolute atomic E-state index is 0.0388. The van der Waals surface area contributed by atoms with Gasteiger partial charge in [-0.25, -0.2) is 0 Å². The lowest BCUT2D eigenvalue weighted by molar-refractivity contribution is -0.384. The second kappa shape index (κ2) is 8.62. The van der Waals surface area contributed by atoms with Crippen molar-refractivity contribution in [2.45, 2.75) is 25.8 Å². The highest BCUT2D eigenvalue weighted by atomic mass is 16.6. The first-order valence-electron chi connectivity index (χ1n) is 9.11. The molecule has 1 aliphatic rings. The predicted molar refractivity (Wildman–Crippen MR) is 106 cm³/mol. The van der Waals surface area contributed by atoms with Gasteiger partial charge in [-0.15, -0.1) is 0 Å². The molecule has 0 radical (unpaired) electrons. The van der Waals surface area contributed by atoms with Crippen LogP contribution in [0.3, 0.4) is 0 Å². The summed E-state index contributed by atoms with van der Waals surface area (Å²) in [6.45, 7) is 2.59. The van der Waals surface area contributed by atoms with Gasteiger partial charge in [0.15, 0.2) is 11.5 Å². The van der Waals surface area contributed by atoms with E-state index in [4.69, 9.17) is 9.47 Å². The Kier molecular flexibility index (Phi) is 6.01. The molecule has 1 fully saturated rings. The molecule has 0 unspecified atom stereocenters. The number of rotatable bonds is 7. The molecule has 7 heteroatoms. The van der Waals surface area contributed by atoms with Crippen LogP contribution in [0.2, 0.25) is 0 Å². The first-order valence-corrected chi connectivity index (χ1v) is 9.11. The van der Waals surface area contributed by atoms with E-state index >= 15 is 0 Å². The molecule has 0 amide bonds. The number of ether oxygens (including phenoxy) is 2. The van der Waals surface area contributed by atoms with Crippen molar-refractivity contribution in [3.8, 4) is 11.5 Å². The van der Waals surface area contributed by atoms with Crippen molar-refractivity contribution in [2.75, 3.05) is 37.5 Å². The normalized spacial score (nSPS) is 13.9. The summed E-state index contributed by atoms with van der Waals surface area (Å²) in [4.78, 5) is 13.5. The minimum Gasteiger partial charge on any atom is -0.493 e. The van der Waals surface area contributed by atoms with Crippen molar-refractivity contribution in [3.05, 3.63) is 52.1 Å². The van der Waals surface area contributed by atoms with Crippen molar-refractivity contribution < 1.29 is 14.4 Å². The van der Waals surface area contributed by atoms with Gasteiger partial charge in [0, 0.05) is 31.4 Å². The molecule has 0 aliphatic carbocycles. The van der Waals surface area contributed by atoms with Crippen LogP contribution in [0.4, 0.5) is 17.1 Å². The summed E-state index contributed by atoms with van der Waals surface area (Å²) in [7, 11) is 2.97. The first kappa shape index (κ1) is 18.8. The quantitative estimate of drug-likeness (QED) is 0.580. The summed E-state index contributed by atoms with van der Waals surface area (Å²) in [6.07, 6.45) is 3.67. The van der Waals surface area contributed by atoms with Crippen LogP contribution in [0.25, 0.3) is 0 Å². The van der Waals surface area contributed by atoms with Gasteiger partial charge in [0.05, 0.1) is 25.2 Å². The topological polar surface area (TPSA) is 76.9 Å². The van der Waals surface area contributed by atoms with Gasteiger partial charge in [-0.2, -0.15) is 0 Å². The smallest absolute Gasteiger partial charge is 0.296 e. The van der Waals surface area contributed by atoms with Crippen LogP contribution in [0.15, 0.2) is 36.4 Å². The molecule has 0 atom stereocenters. The zero-order chi connectivity index (χ0) is 19.2. The van der Waals surface area contributed by atoms with Crippen molar-refractivity contribution >= 4 is 17.1 Å². The lowest BCUT2D eigenvalue weighted by Gasteiger charge is -2.30. The van der Waals surface area contributed by atoms with Gasteiger partial charge in [-0.05, 0) is 30.9 Å². The number of nitro benzene ring substituents is 1. The first-order chi connectivity index (χ1) is 13.1. The van der Waals surface area contributed by atoms with E-state index in [1.54, 1.807) is 6.07 Å². The van der Waals surface area contributed by atoms with E-state index in [2.05, 4.69) is 22.3 Å². The highest BCUT2D eigenvalue weighted by Gasteiger charge is 2.20. The second-order valence-electron chi connectivity index (χ2n) is 6.51. The summed E-state index contributed by atoms with van der Waals surface area (Å²) in [5.74, 6) is 0.790. The number of benzene rings is 2. The lowest BCUT2D eigenvalue weighted by atomic mass is 10.1. The zero-order valence-electron chi connectivity index (χ0n) is 15.7. The molecule has 7 nitrogen and oxygen atoms in total. The molecular weight excluding hydrogens is 346 g/mol. The summed E-state index contributed by atoms with van der Waals surface area (Å²) < 4.78 is 10.5. The van der Waals surface area contributed by atoms with E-state index in [9.17, 15) is 10.1 Å².